The molecule has 0 saturated carbocycles. The highest BCUT2D eigenvalue weighted by molar-refractivity contribution is 9.10. The standard InChI is InChI=1S/C14H13BrN2O2S2/c15-12-4-6-13(7-5-12)17-21(18,19)9-10-2-1-3-11(8-10)14(16)20/h1-8,17H,9H2,(H2,16,20). The third-order valence-electron chi connectivity index (χ3n) is 2.69. The van der Waals surface area contributed by atoms with E-state index in [4.69, 9.17) is 18.0 Å². The van der Waals surface area contributed by atoms with Gasteiger partial charge in [-0.05, 0) is 35.9 Å². The first-order chi connectivity index (χ1) is 9.85. The SMILES string of the molecule is NC(=S)c1cccc(CS(=O)(=O)Nc2ccc(Br)cc2)c1. The van der Waals surface area contributed by atoms with Crippen LogP contribution < -0.4 is 10.5 Å². The molecule has 0 aliphatic carbocycles. The molecular weight excluding hydrogens is 372 g/mol. The van der Waals surface area contributed by atoms with Crippen LogP contribution in [0.2, 0.25) is 0 Å². The number of hydrogen-bond acceptors (Lipinski definition) is 3. The number of hydrogen-bond donors (Lipinski definition) is 2. The lowest BCUT2D eigenvalue weighted by atomic mass is 10.1. The van der Waals surface area contributed by atoms with Crippen LogP contribution in [-0.2, 0) is 15.8 Å². The van der Waals surface area contributed by atoms with Crippen molar-refractivity contribution in [1.82, 2.24) is 0 Å². The largest absolute Gasteiger partial charge is 0.389 e. The highest BCUT2D eigenvalue weighted by Gasteiger charge is 2.12. The smallest absolute Gasteiger partial charge is 0.236 e. The average Bonchev–Trinajstić information content (AvgIpc) is 2.41. The first kappa shape index (κ1) is 15.9. The Hall–Kier alpha value is -1.44. The molecule has 3 N–H and O–H groups in total. The van der Waals surface area contributed by atoms with Gasteiger partial charge in [0.1, 0.15) is 4.99 Å². The lowest BCUT2D eigenvalue weighted by Gasteiger charge is -2.09. The van der Waals surface area contributed by atoms with E-state index in [0.717, 1.165) is 4.47 Å². The van der Waals surface area contributed by atoms with E-state index >= 15 is 0 Å². The van der Waals surface area contributed by atoms with E-state index in [1.165, 1.54) is 0 Å². The maximum atomic E-state index is 12.1. The fourth-order valence-corrected chi connectivity index (χ4v) is 3.34. The lowest BCUT2D eigenvalue weighted by Crippen LogP contribution is -2.16. The van der Waals surface area contributed by atoms with E-state index in [2.05, 4.69) is 20.7 Å². The summed E-state index contributed by atoms with van der Waals surface area (Å²) < 4.78 is 27.7. The van der Waals surface area contributed by atoms with Crippen LogP contribution in [0.15, 0.2) is 53.0 Å². The summed E-state index contributed by atoms with van der Waals surface area (Å²) in [5, 5.41) is 0. The number of rotatable bonds is 5. The molecule has 0 fully saturated rings. The Morgan fingerprint density at radius 2 is 1.86 bits per heavy atom. The van der Waals surface area contributed by atoms with Crippen molar-refractivity contribution in [3.8, 4) is 0 Å². The highest BCUT2D eigenvalue weighted by Crippen LogP contribution is 2.17. The van der Waals surface area contributed by atoms with Gasteiger partial charge in [-0.2, -0.15) is 0 Å². The fourth-order valence-electron chi connectivity index (χ4n) is 1.77. The molecule has 0 atom stereocenters. The molecule has 110 valence electrons. The molecule has 0 aromatic heterocycles. The Balaban J connectivity index is 2.15. The van der Waals surface area contributed by atoms with E-state index in [1.54, 1.807) is 48.5 Å². The van der Waals surface area contributed by atoms with Crippen LogP contribution in [0.25, 0.3) is 0 Å². The number of sulfonamides is 1. The van der Waals surface area contributed by atoms with Crippen molar-refractivity contribution >= 4 is 48.8 Å². The summed E-state index contributed by atoms with van der Waals surface area (Å²) in [6, 6.07) is 13.8. The maximum Gasteiger partial charge on any atom is 0.236 e. The van der Waals surface area contributed by atoms with Crippen LogP contribution in [0, 0.1) is 0 Å². The van der Waals surface area contributed by atoms with E-state index < -0.39 is 10.0 Å². The van der Waals surface area contributed by atoms with Crippen LogP contribution >= 0.6 is 28.1 Å². The van der Waals surface area contributed by atoms with Gasteiger partial charge in [-0.1, -0.05) is 46.3 Å². The number of halogens is 1. The Morgan fingerprint density at radius 1 is 1.19 bits per heavy atom. The third kappa shape index (κ3) is 4.80. The molecule has 4 nitrogen and oxygen atoms in total. The number of thiocarbonyl (C=S) groups is 1. The fraction of sp³-hybridized carbons (Fsp3) is 0.0714. The van der Waals surface area contributed by atoms with Crippen LogP contribution in [0.4, 0.5) is 5.69 Å². The van der Waals surface area contributed by atoms with Gasteiger partial charge in [0.2, 0.25) is 10.0 Å². The van der Waals surface area contributed by atoms with Gasteiger partial charge in [-0.25, -0.2) is 8.42 Å². The molecule has 0 amide bonds. The first-order valence-electron chi connectivity index (χ1n) is 6.00. The van der Waals surface area contributed by atoms with Crippen molar-refractivity contribution in [3.63, 3.8) is 0 Å². The summed E-state index contributed by atoms with van der Waals surface area (Å²) in [6.45, 7) is 0. The van der Waals surface area contributed by atoms with Crippen molar-refractivity contribution < 1.29 is 8.42 Å². The molecule has 0 heterocycles. The average molecular weight is 385 g/mol. The second-order valence-electron chi connectivity index (χ2n) is 4.43. The molecular formula is C14H13BrN2O2S2. The molecule has 0 aliphatic heterocycles. The van der Waals surface area contributed by atoms with Crippen LogP contribution in [0.3, 0.4) is 0 Å². The van der Waals surface area contributed by atoms with E-state index in [0.29, 0.717) is 16.8 Å². The van der Waals surface area contributed by atoms with Gasteiger partial charge in [-0.15, -0.1) is 0 Å². The molecule has 0 aliphatic rings. The summed E-state index contributed by atoms with van der Waals surface area (Å²) in [4.78, 5) is 0.245. The number of anilines is 1. The molecule has 7 heteroatoms. The predicted octanol–water partition coefficient (Wildman–Crippen LogP) is 3.03. The van der Waals surface area contributed by atoms with Gasteiger partial charge >= 0.3 is 0 Å². The van der Waals surface area contributed by atoms with E-state index in [-0.39, 0.29) is 10.7 Å². The van der Waals surface area contributed by atoms with Gasteiger partial charge in [0.25, 0.3) is 0 Å². The molecule has 0 spiro atoms. The second-order valence-corrected chi connectivity index (χ2v) is 7.51. The van der Waals surface area contributed by atoms with Gasteiger partial charge in [0.05, 0.1) is 5.75 Å². The third-order valence-corrected chi connectivity index (χ3v) is 4.71. The minimum atomic E-state index is -3.49. The zero-order chi connectivity index (χ0) is 15.5. The van der Waals surface area contributed by atoms with Gasteiger partial charge < -0.3 is 5.73 Å². The Bertz CT molecular complexity index is 759. The van der Waals surface area contributed by atoms with Crippen LogP contribution in [-0.4, -0.2) is 13.4 Å². The second kappa shape index (κ2) is 6.55. The topological polar surface area (TPSA) is 72.2 Å². The minimum Gasteiger partial charge on any atom is -0.389 e. The van der Waals surface area contributed by atoms with Crippen molar-refractivity contribution in [3.05, 3.63) is 64.1 Å². The molecule has 0 unspecified atom stereocenters. The van der Waals surface area contributed by atoms with Crippen molar-refractivity contribution in [2.24, 2.45) is 5.73 Å². The Kier molecular flexibility index (Phi) is 4.97. The van der Waals surface area contributed by atoms with Gasteiger partial charge in [0, 0.05) is 15.7 Å². The number of nitrogens with two attached hydrogens (primary N) is 1. The van der Waals surface area contributed by atoms with Crippen LogP contribution in [0.1, 0.15) is 11.1 Å². The summed E-state index contributed by atoms with van der Waals surface area (Å²) in [5.41, 5.74) is 7.35. The Labute approximate surface area is 137 Å². The molecule has 0 radical (unpaired) electrons. The van der Waals surface area contributed by atoms with Gasteiger partial charge in [0.15, 0.2) is 0 Å². The molecule has 0 bridgehead atoms. The van der Waals surface area contributed by atoms with E-state index in [1.807, 2.05) is 0 Å². The number of nitrogens with one attached hydrogen (secondary N) is 1. The van der Waals surface area contributed by atoms with Gasteiger partial charge in [-0.3, -0.25) is 4.72 Å². The number of benzene rings is 2. The zero-order valence-electron chi connectivity index (χ0n) is 10.9. The normalized spacial score (nSPS) is 11.1. The summed E-state index contributed by atoms with van der Waals surface area (Å²) in [7, 11) is -3.49. The first-order valence-corrected chi connectivity index (χ1v) is 8.86. The molecule has 21 heavy (non-hydrogen) atoms. The van der Waals surface area contributed by atoms with Crippen molar-refractivity contribution in [2.45, 2.75) is 5.75 Å². The van der Waals surface area contributed by atoms with Crippen molar-refractivity contribution in [1.29, 1.82) is 0 Å². The van der Waals surface area contributed by atoms with E-state index in [9.17, 15) is 8.42 Å². The molecule has 2 aromatic carbocycles. The summed E-state index contributed by atoms with van der Waals surface area (Å²) in [5.74, 6) is -0.139. The maximum absolute atomic E-state index is 12.1. The van der Waals surface area contributed by atoms with Crippen LogP contribution in [0.5, 0.6) is 0 Å². The highest BCUT2D eigenvalue weighted by atomic mass is 79.9. The Morgan fingerprint density at radius 3 is 2.48 bits per heavy atom. The predicted molar refractivity (Wildman–Crippen MR) is 92.7 cm³/mol. The molecule has 0 saturated heterocycles. The monoisotopic (exact) mass is 384 g/mol. The minimum absolute atomic E-state index is 0.139. The van der Waals surface area contributed by atoms with Crippen molar-refractivity contribution in [2.75, 3.05) is 4.72 Å². The zero-order valence-corrected chi connectivity index (χ0v) is 14.1. The quantitative estimate of drug-likeness (QED) is 0.777. The summed E-state index contributed by atoms with van der Waals surface area (Å²) >= 11 is 8.19. The lowest BCUT2D eigenvalue weighted by molar-refractivity contribution is 0.600. The molecule has 2 rings (SSSR count). The molecule has 2 aromatic rings. The summed E-state index contributed by atoms with van der Waals surface area (Å²) in [6.07, 6.45) is 0.